The van der Waals surface area contributed by atoms with Crippen molar-refractivity contribution in [2.24, 2.45) is 5.73 Å². The van der Waals surface area contributed by atoms with Crippen molar-refractivity contribution in [2.75, 3.05) is 20.3 Å². The minimum Gasteiger partial charge on any atom is -0.496 e. The third-order valence-electron chi connectivity index (χ3n) is 2.27. The van der Waals surface area contributed by atoms with Gasteiger partial charge in [0.05, 0.1) is 20.3 Å². The lowest BCUT2D eigenvalue weighted by molar-refractivity contribution is 0.126. The maximum Gasteiger partial charge on any atom is 0.124 e. The van der Waals surface area contributed by atoms with Crippen LogP contribution < -0.4 is 10.5 Å². The number of hydrogen-bond donors (Lipinski definition) is 1. The molecule has 0 aromatic heterocycles. The van der Waals surface area contributed by atoms with E-state index in [4.69, 9.17) is 15.2 Å². The largest absolute Gasteiger partial charge is 0.496 e. The molecule has 0 unspecified atom stereocenters. The van der Waals surface area contributed by atoms with E-state index in [-0.39, 0.29) is 0 Å². The van der Waals surface area contributed by atoms with Crippen molar-refractivity contribution in [3.8, 4) is 5.75 Å². The highest BCUT2D eigenvalue weighted by molar-refractivity contribution is 5.36. The van der Waals surface area contributed by atoms with Crippen LogP contribution in [0.1, 0.15) is 18.1 Å². The van der Waals surface area contributed by atoms with Crippen molar-refractivity contribution < 1.29 is 9.47 Å². The second-order valence-corrected chi connectivity index (χ2v) is 3.34. The Hall–Kier alpha value is -1.06. The summed E-state index contributed by atoms with van der Waals surface area (Å²) in [5, 5.41) is 0. The highest BCUT2D eigenvalue weighted by Crippen LogP contribution is 2.20. The zero-order valence-electron chi connectivity index (χ0n) is 9.45. The van der Waals surface area contributed by atoms with E-state index in [1.165, 1.54) is 5.56 Å². The molecular formula is C12H19NO2. The topological polar surface area (TPSA) is 44.5 Å². The van der Waals surface area contributed by atoms with Gasteiger partial charge in [0.15, 0.2) is 0 Å². The number of rotatable bonds is 6. The molecule has 0 bridgehead atoms. The van der Waals surface area contributed by atoms with Gasteiger partial charge in [-0.15, -0.1) is 0 Å². The Morgan fingerprint density at radius 2 is 2.13 bits per heavy atom. The van der Waals surface area contributed by atoms with Gasteiger partial charge in [-0.3, -0.25) is 0 Å². The van der Waals surface area contributed by atoms with Crippen molar-refractivity contribution in [2.45, 2.75) is 20.0 Å². The molecular weight excluding hydrogens is 190 g/mol. The molecule has 1 aromatic rings. The number of benzene rings is 1. The van der Waals surface area contributed by atoms with Gasteiger partial charge in [-0.2, -0.15) is 0 Å². The summed E-state index contributed by atoms with van der Waals surface area (Å²) < 4.78 is 10.7. The van der Waals surface area contributed by atoms with Crippen LogP contribution in [0, 0.1) is 0 Å². The molecule has 84 valence electrons. The van der Waals surface area contributed by atoms with Gasteiger partial charge in [0.25, 0.3) is 0 Å². The molecule has 0 aliphatic rings. The van der Waals surface area contributed by atoms with Crippen LogP contribution in [-0.2, 0) is 17.8 Å². The molecule has 0 saturated carbocycles. The molecule has 0 heterocycles. The SMILES string of the molecule is CCc1ccc(OC)c(COCCN)c1. The van der Waals surface area contributed by atoms with E-state index >= 15 is 0 Å². The third kappa shape index (κ3) is 3.53. The molecule has 0 aliphatic heterocycles. The van der Waals surface area contributed by atoms with E-state index in [0.29, 0.717) is 19.8 Å². The number of aryl methyl sites for hydroxylation is 1. The average Bonchev–Trinajstić information content (AvgIpc) is 2.29. The van der Waals surface area contributed by atoms with Gasteiger partial charge >= 0.3 is 0 Å². The van der Waals surface area contributed by atoms with E-state index in [1.807, 2.05) is 6.07 Å². The van der Waals surface area contributed by atoms with E-state index in [2.05, 4.69) is 19.1 Å². The van der Waals surface area contributed by atoms with Gasteiger partial charge in [0, 0.05) is 12.1 Å². The summed E-state index contributed by atoms with van der Waals surface area (Å²) in [6.45, 7) is 3.83. The van der Waals surface area contributed by atoms with Crippen molar-refractivity contribution in [3.63, 3.8) is 0 Å². The molecule has 0 fully saturated rings. The van der Waals surface area contributed by atoms with Gasteiger partial charge in [0.2, 0.25) is 0 Å². The van der Waals surface area contributed by atoms with Gasteiger partial charge in [-0.25, -0.2) is 0 Å². The highest BCUT2D eigenvalue weighted by atomic mass is 16.5. The lowest BCUT2D eigenvalue weighted by Gasteiger charge is -2.10. The smallest absolute Gasteiger partial charge is 0.124 e. The molecule has 1 rings (SSSR count). The standard InChI is InChI=1S/C12H19NO2/c1-3-10-4-5-12(14-2)11(8-10)9-15-7-6-13/h4-5,8H,3,6-7,9,13H2,1-2H3. The van der Waals surface area contributed by atoms with E-state index in [1.54, 1.807) is 7.11 Å². The molecule has 0 amide bonds. The van der Waals surface area contributed by atoms with E-state index < -0.39 is 0 Å². The molecule has 3 heteroatoms. The zero-order valence-corrected chi connectivity index (χ0v) is 9.45. The molecule has 0 atom stereocenters. The average molecular weight is 209 g/mol. The first-order chi connectivity index (χ1) is 7.31. The lowest BCUT2D eigenvalue weighted by Crippen LogP contribution is -2.08. The first kappa shape index (κ1) is 12.0. The Kier molecular flexibility index (Phi) is 5.15. The Bertz CT molecular complexity index is 300. The van der Waals surface area contributed by atoms with Gasteiger partial charge in [-0.05, 0) is 24.1 Å². The summed E-state index contributed by atoms with van der Waals surface area (Å²) in [6.07, 6.45) is 1.02. The molecule has 15 heavy (non-hydrogen) atoms. The first-order valence-corrected chi connectivity index (χ1v) is 5.25. The molecule has 2 N–H and O–H groups in total. The second kappa shape index (κ2) is 6.43. The van der Waals surface area contributed by atoms with Crippen LogP contribution in [0.25, 0.3) is 0 Å². The fourth-order valence-corrected chi connectivity index (χ4v) is 1.43. The number of nitrogens with two attached hydrogens (primary N) is 1. The second-order valence-electron chi connectivity index (χ2n) is 3.34. The Balaban J connectivity index is 2.72. The summed E-state index contributed by atoms with van der Waals surface area (Å²) in [7, 11) is 1.67. The van der Waals surface area contributed by atoms with Crippen LogP contribution in [-0.4, -0.2) is 20.3 Å². The maximum absolute atomic E-state index is 5.41. The van der Waals surface area contributed by atoms with Crippen molar-refractivity contribution in [1.29, 1.82) is 0 Å². The quantitative estimate of drug-likeness (QED) is 0.726. The number of methoxy groups -OCH3 is 1. The van der Waals surface area contributed by atoms with E-state index in [0.717, 1.165) is 17.7 Å². The van der Waals surface area contributed by atoms with Crippen LogP contribution in [0.5, 0.6) is 5.75 Å². The predicted molar refractivity (Wildman–Crippen MR) is 61.1 cm³/mol. The third-order valence-corrected chi connectivity index (χ3v) is 2.27. The highest BCUT2D eigenvalue weighted by Gasteiger charge is 2.03. The molecule has 0 saturated heterocycles. The number of hydrogen-bond acceptors (Lipinski definition) is 3. The first-order valence-electron chi connectivity index (χ1n) is 5.25. The number of ether oxygens (including phenoxy) is 2. The molecule has 0 spiro atoms. The summed E-state index contributed by atoms with van der Waals surface area (Å²) in [5.41, 5.74) is 7.74. The van der Waals surface area contributed by atoms with Crippen LogP contribution in [0.2, 0.25) is 0 Å². The monoisotopic (exact) mass is 209 g/mol. The maximum atomic E-state index is 5.41. The van der Waals surface area contributed by atoms with Crippen molar-refractivity contribution in [1.82, 2.24) is 0 Å². The minimum atomic E-state index is 0.551. The fourth-order valence-electron chi connectivity index (χ4n) is 1.43. The van der Waals surface area contributed by atoms with Gasteiger partial charge in [-0.1, -0.05) is 13.0 Å². The van der Waals surface area contributed by atoms with Crippen LogP contribution >= 0.6 is 0 Å². The lowest BCUT2D eigenvalue weighted by atomic mass is 10.1. The molecule has 3 nitrogen and oxygen atoms in total. The van der Waals surface area contributed by atoms with Crippen LogP contribution in [0.15, 0.2) is 18.2 Å². The summed E-state index contributed by atoms with van der Waals surface area (Å²) in [6, 6.07) is 6.18. The molecule has 1 aromatic carbocycles. The zero-order chi connectivity index (χ0) is 11.1. The summed E-state index contributed by atoms with van der Waals surface area (Å²) >= 11 is 0. The molecule has 0 radical (unpaired) electrons. The Morgan fingerprint density at radius 3 is 2.73 bits per heavy atom. The van der Waals surface area contributed by atoms with Gasteiger partial charge in [0.1, 0.15) is 5.75 Å². The van der Waals surface area contributed by atoms with Gasteiger partial charge < -0.3 is 15.2 Å². The molecule has 0 aliphatic carbocycles. The summed E-state index contributed by atoms with van der Waals surface area (Å²) in [5.74, 6) is 0.879. The normalized spacial score (nSPS) is 10.3. The minimum absolute atomic E-state index is 0.551. The van der Waals surface area contributed by atoms with E-state index in [9.17, 15) is 0 Å². The Labute approximate surface area is 91.2 Å². The van der Waals surface area contributed by atoms with Crippen molar-refractivity contribution in [3.05, 3.63) is 29.3 Å². The summed E-state index contributed by atoms with van der Waals surface area (Å²) in [4.78, 5) is 0. The van der Waals surface area contributed by atoms with Crippen LogP contribution in [0.3, 0.4) is 0 Å². The predicted octanol–water partition coefficient (Wildman–Crippen LogP) is 1.73. The Morgan fingerprint density at radius 1 is 1.33 bits per heavy atom. The van der Waals surface area contributed by atoms with Crippen LogP contribution in [0.4, 0.5) is 0 Å². The van der Waals surface area contributed by atoms with Crippen molar-refractivity contribution >= 4 is 0 Å². The fraction of sp³-hybridized carbons (Fsp3) is 0.500.